The van der Waals surface area contributed by atoms with Crippen LogP contribution in [0.15, 0.2) is 121 Å². The maximum atomic E-state index is 2.48. The van der Waals surface area contributed by atoms with Crippen molar-refractivity contribution in [3.63, 3.8) is 0 Å². The number of rotatable bonds is 6. The minimum Gasteiger partial charge on any atom is -0.310 e. The zero-order valence-corrected chi connectivity index (χ0v) is 36.4. The second-order valence-electron chi connectivity index (χ2n) is 18.4. The minimum absolute atomic E-state index is 0.211. The molecule has 9 rings (SSSR count). The molecule has 0 N–H and O–H groups in total. The summed E-state index contributed by atoms with van der Waals surface area (Å²) in [4.78, 5) is 4.89. The first kappa shape index (κ1) is 37.7. The Kier molecular flexibility index (Phi) is 8.68. The van der Waals surface area contributed by atoms with Crippen LogP contribution in [-0.2, 0) is 10.8 Å². The fourth-order valence-electron chi connectivity index (χ4n) is 9.82. The highest BCUT2D eigenvalue weighted by atomic mass is 15.1. The van der Waals surface area contributed by atoms with Gasteiger partial charge in [-0.15, -0.1) is 0 Å². The molecule has 0 fully saturated rings. The molecule has 7 aromatic carbocycles. The van der Waals surface area contributed by atoms with Gasteiger partial charge in [-0.3, -0.25) is 0 Å². The van der Waals surface area contributed by atoms with Gasteiger partial charge in [0.05, 0.1) is 0 Å². The van der Waals surface area contributed by atoms with E-state index < -0.39 is 0 Å². The van der Waals surface area contributed by atoms with Crippen LogP contribution < -0.4 is 9.80 Å². The lowest BCUT2D eigenvalue weighted by Gasteiger charge is -2.32. The van der Waals surface area contributed by atoms with E-state index in [-0.39, 0.29) is 10.8 Å². The molecular weight excluding hydrogens is 701 g/mol. The van der Waals surface area contributed by atoms with Crippen molar-refractivity contribution in [1.82, 2.24) is 0 Å². The molecular formula is C56H56N2. The third-order valence-corrected chi connectivity index (χ3v) is 13.9. The second kappa shape index (κ2) is 13.3. The largest absolute Gasteiger partial charge is 0.310 e. The molecule has 0 aromatic heterocycles. The number of nitrogens with zero attached hydrogens (tertiary/aromatic N) is 2. The van der Waals surface area contributed by atoms with E-state index in [2.05, 4.69) is 214 Å². The average Bonchev–Trinajstić information content (AvgIpc) is 3.56. The molecule has 0 spiro atoms. The van der Waals surface area contributed by atoms with Gasteiger partial charge in [-0.25, -0.2) is 0 Å². The molecule has 0 saturated carbocycles. The number of hydrogen-bond acceptors (Lipinski definition) is 2. The van der Waals surface area contributed by atoms with Crippen molar-refractivity contribution in [2.45, 2.75) is 93.9 Å². The lowest BCUT2D eigenvalue weighted by molar-refractivity contribution is 0.601. The summed E-state index contributed by atoms with van der Waals surface area (Å²) in [6.07, 6.45) is 0. The Hall–Kier alpha value is -5.86. The van der Waals surface area contributed by atoms with Crippen molar-refractivity contribution in [2.75, 3.05) is 9.80 Å². The van der Waals surface area contributed by atoms with Gasteiger partial charge in [0.2, 0.25) is 0 Å². The van der Waals surface area contributed by atoms with Crippen LogP contribution >= 0.6 is 0 Å². The molecule has 0 atom stereocenters. The summed E-state index contributed by atoms with van der Waals surface area (Å²) in [5, 5.41) is 0. The Labute approximate surface area is 346 Å². The summed E-state index contributed by atoms with van der Waals surface area (Å²) in [6.45, 7) is 27.4. The highest BCUT2D eigenvalue weighted by Gasteiger charge is 2.46. The summed E-state index contributed by atoms with van der Waals surface area (Å²) in [5.74, 6) is 0. The molecule has 2 heteroatoms. The summed E-state index contributed by atoms with van der Waals surface area (Å²) >= 11 is 0. The van der Waals surface area contributed by atoms with Gasteiger partial charge in [0, 0.05) is 45.0 Å². The topological polar surface area (TPSA) is 6.48 Å². The Morgan fingerprint density at radius 1 is 0.276 bits per heavy atom. The van der Waals surface area contributed by atoms with E-state index in [0.717, 1.165) is 0 Å². The molecule has 0 heterocycles. The minimum atomic E-state index is -0.211. The van der Waals surface area contributed by atoms with Crippen LogP contribution in [0.25, 0.3) is 22.3 Å². The van der Waals surface area contributed by atoms with E-state index >= 15 is 0 Å². The highest BCUT2D eigenvalue weighted by molar-refractivity contribution is 5.94. The van der Waals surface area contributed by atoms with Crippen molar-refractivity contribution in [2.24, 2.45) is 0 Å². The van der Waals surface area contributed by atoms with Crippen LogP contribution in [0.4, 0.5) is 34.1 Å². The van der Waals surface area contributed by atoms with E-state index in [1.54, 1.807) is 0 Å². The maximum Gasteiger partial charge on any atom is 0.0465 e. The van der Waals surface area contributed by atoms with Gasteiger partial charge in [-0.2, -0.15) is 0 Å². The molecule has 0 unspecified atom stereocenters. The second-order valence-corrected chi connectivity index (χ2v) is 18.4. The van der Waals surface area contributed by atoms with Gasteiger partial charge in [0.1, 0.15) is 0 Å². The molecule has 58 heavy (non-hydrogen) atoms. The van der Waals surface area contributed by atoms with Gasteiger partial charge in [-0.05, 0) is 217 Å². The molecule has 290 valence electrons. The van der Waals surface area contributed by atoms with Gasteiger partial charge in [0.15, 0.2) is 0 Å². The van der Waals surface area contributed by atoms with Crippen molar-refractivity contribution < 1.29 is 0 Å². The van der Waals surface area contributed by atoms with Crippen molar-refractivity contribution in [3.8, 4) is 22.3 Å². The lowest BCUT2D eigenvalue weighted by atomic mass is 9.72. The average molecular weight is 757 g/mol. The number of hydrogen-bond donors (Lipinski definition) is 0. The summed E-state index contributed by atoms with van der Waals surface area (Å²) in [7, 11) is 0. The van der Waals surface area contributed by atoms with E-state index in [4.69, 9.17) is 0 Å². The Bertz CT molecular complexity index is 2530. The standard InChI is InChI=1S/C56H56N2/c1-33-13-17-41(27-37(33)5)57(42-18-14-34(2)38(6)28-42)45-21-23-47-49-25-26-50-48-24-22-46(32-52(48)56(11,12)54(50)53(49)55(9,10)51(47)31-45)58(43-19-15-35(3)39(7)29-43)44-20-16-36(4)40(8)30-44/h13-32H,1-12H3. The molecule has 2 aliphatic rings. The van der Waals surface area contributed by atoms with Crippen LogP contribution in [0.2, 0.25) is 0 Å². The van der Waals surface area contributed by atoms with Gasteiger partial charge >= 0.3 is 0 Å². The summed E-state index contributed by atoms with van der Waals surface area (Å²) in [6, 6.07) is 46.6. The van der Waals surface area contributed by atoms with E-state index in [9.17, 15) is 0 Å². The molecule has 0 amide bonds. The number of anilines is 6. The fourth-order valence-corrected chi connectivity index (χ4v) is 9.82. The van der Waals surface area contributed by atoms with Crippen LogP contribution in [0.3, 0.4) is 0 Å². The quantitative estimate of drug-likeness (QED) is 0.167. The van der Waals surface area contributed by atoms with Crippen LogP contribution in [0.1, 0.15) is 94.5 Å². The van der Waals surface area contributed by atoms with E-state index in [1.807, 2.05) is 0 Å². The first-order valence-corrected chi connectivity index (χ1v) is 20.9. The molecule has 2 nitrogen and oxygen atoms in total. The third-order valence-electron chi connectivity index (χ3n) is 13.9. The van der Waals surface area contributed by atoms with Gasteiger partial charge in [-0.1, -0.05) is 76.2 Å². The number of benzene rings is 7. The first-order valence-electron chi connectivity index (χ1n) is 20.9. The Balaban J connectivity index is 1.17. The molecule has 2 aliphatic carbocycles. The van der Waals surface area contributed by atoms with E-state index in [0.29, 0.717) is 0 Å². The summed E-state index contributed by atoms with van der Waals surface area (Å²) < 4.78 is 0. The first-order chi connectivity index (χ1) is 27.6. The smallest absolute Gasteiger partial charge is 0.0465 e. The normalized spacial score (nSPS) is 14.1. The van der Waals surface area contributed by atoms with Gasteiger partial charge < -0.3 is 9.80 Å². The van der Waals surface area contributed by atoms with Crippen LogP contribution in [0.5, 0.6) is 0 Å². The molecule has 0 aliphatic heterocycles. The monoisotopic (exact) mass is 756 g/mol. The molecule has 0 saturated heterocycles. The predicted octanol–water partition coefficient (Wildman–Crippen LogP) is 15.7. The van der Waals surface area contributed by atoms with E-state index in [1.165, 1.54) is 123 Å². The molecule has 0 radical (unpaired) electrons. The summed E-state index contributed by atoms with van der Waals surface area (Å²) in [5.41, 5.74) is 28.2. The van der Waals surface area contributed by atoms with Gasteiger partial charge in [0.25, 0.3) is 0 Å². The third kappa shape index (κ3) is 5.75. The Morgan fingerprint density at radius 2 is 0.517 bits per heavy atom. The van der Waals surface area contributed by atoms with Crippen LogP contribution in [-0.4, -0.2) is 0 Å². The van der Waals surface area contributed by atoms with Crippen molar-refractivity contribution in [3.05, 3.63) is 188 Å². The highest BCUT2D eigenvalue weighted by Crippen LogP contribution is 2.60. The van der Waals surface area contributed by atoms with Crippen LogP contribution in [0, 0.1) is 55.4 Å². The maximum absolute atomic E-state index is 2.48. The predicted molar refractivity (Wildman–Crippen MR) is 249 cm³/mol. The molecule has 0 bridgehead atoms. The molecule has 7 aromatic rings. The zero-order chi connectivity index (χ0) is 41.0. The number of fused-ring (bicyclic) bond motifs is 7. The SMILES string of the molecule is Cc1ccc(N(c2ccc(C)c(C)c2)c2ccc3c(c2)C(C)(C)c2c-3ccc3c2C(C)(C)c2cc(N(c4ccc(C)c(C)c4)c4ccc(C)c(C)c4)ccc2-3)cc1C. The van der Waals surface area contributed by atoms with Crippen molar-refractivity contribution >= 4 is 34.1 Å². The lowest BCUT2D eigenvalue weighted by Crippen LogP contribution is -2.24. The zero-order valence-electron chi connectivity index (χ0n) is 36.4. The number of aryl methyl sites for hydroxylation is 8. The van der Waals surface area contributed by atoms with Crippen molar-refractivity contribution in [1.29, 1.82) is 0 Å². The Morgan fingerprint density at radius 3 is 0.793 bits per heavy atom. The fraction of sp³-hybridized carbons (Fsp3) is 0.250.